The molecule has 0 bridgehead atoms. The van der Waals surface area contributed by atoms with E-state index >= 15 is 0 Å². The summed E-state index contributed by atoms with van der Waals surface area (Å²) in [6.45, 7) is -0.143. The second-order valence-electron chi connectivity index (χ2n) is 3.34. The van der Waals surface area contributed by atoms with Crippen molar-refractivity contribution < 1.29 is 5.11 Å². The van der Waals surface area contributed by atoms with Crippen LogP contribution in [0.1, 0.15) is 5.69 Å². The maximum Gasteiger partial charge on any atom is 0.250 e. The van der Waals surface area contributed by atoms with Crippen LogP contribution in [0.25, 0.3) is 11.5 Å². The van der Waals surface area contributed by atoms with Crippen LogP contribution in [-0.4, -0.2) is 19.6 Å². The van der Waals surface area contributed by atoms with Crippen LogP contribution < -0.4 is 5.56 Å². The van der Waals surface area contributed by atoms with Crippen molar-refractivity contribution in [1.82, 2.24) is 14.5 Å². The summed E-state index contributed by atoms with van der Waals surface area (Å²) in [7, 11) is 1.66. The van der Waals surface area contributed by atoms with Gasteiger partial charge >= 0.3 is 0 Å². The maximum absolute atomic E-state index is 11.4. The molecule has 0 fully saturated rings. The van der Waals surface area contributed by atoms with Crippen LogP contribution >= 0.6 is 0 Å². The van der Waals surface area contributed by atoms with Gasteiger partial charge in [0.1, 0.15) is 0 Å². The Labute approximate surface area is 92.0 Å². The first-order valence-electron chi connectivity index (χ1n) is 4.81. The van der Waals surface area contributed by atoms with E-state index in [1.165, 1.54) is 10.6 Å². The third-order valence-corrected chi connectivity index (χ3v) is 2.29. The lowest BCUT2D eigenvalue weighted by Crippen LogP contribution is -2.17. The van der Waals surface area contributed by atoms with E-state index in [0.29, 0.717) is 17.2 Å². The van der Waals surface area contributed by atoms with Gasteiger partial charge in [0, 0.05) is 19.3 Å². The highest BCUT2D eigenvalue weighted by molar-refractivity contribution is 5.49. The molecule has 0 amide bonds. The molecule has 1 N–H and O–H groups in total. The Morgan fingerprint density at radius 1 is 1.38 bits per heavy atom. The van der Waals surface area contributed by atoms with Gasteiger partial charge in [-0.05, 0) is 12.1 Å². The van der Waals surface area contributed by atoms with Crippen molar-refractivity contribution in [2.45, 2.75) is 6.61 Å². The zero-order valence-corrected chi connectivity index (χ0v) is 8.79. The molecular weight excluding hydrogens is 206 g/mol. The SMILES string of the molecule is Cn1c(-c2nccc(CO)n2)cccc1=O. The average molecular weight is 217 g/mol. The highest BCUT2D eigenvalue weighted by atomic mass is 16.3. The van der Waals surface area contributed by atoms with Crippen molar-refractivity contribution in [2.24, 2.45) is 7.05 Å². The number of pyridine rings is 1. The summed E-state index contributed by atoms with van der Waals surface area (Å²) < 4.78 is 1.47. The fraction of sp³-hybridized carbons (Fsp3) is 0.182. The fourth-order valence-corrected chi connectivity index (χ4v) is 1.40. The predicted molar refractivity (Wildman–Crippen MR) is 58.6 cm³/mol. The maximum atomic E-state index is 11.4. The molecule has 2 aromatic rings. The topological polar surface area (TPSA) is 68.0 Å². The molecule has 0 spiro atoms. The number of nitrogens with zero attached hydrogens (tertiary/aromatic N) is 3. The molecule has 0 unspecified atom stereocenters. The molecule has 0 aliphatic heterocycles. The van der Waals surface area contributed by atoms with Crippen molar-refractivity contribution in [3.63, 3.8) is 0 Å². The second kappa shape index (κ2) is 4.24. The number of hydrogen-bond acceptors (Lipinski definition) is 4. The van der Waals surface area contributed by atoms with Crippen LogP contribution in [-0.2, 0) is 13.7 Å². The average Bonchev–Trinajstić information content (AvgIpc) is 2.33. The van der Waals surface area contributed by atoms with Crippen LogP contribution in [0.4, 0.5) is 0 Å². The minimum absolute atomic E-state index is 0.115. The van der Waals surface area contributed by atoms with Crippen molar-refractivity contribution in [3.05, 3.63) is 46.5 Å². The summed E-state index contributed by atoms with van der Waals surface area (Å²) in [6, 6.07) is 6.52. The van der Waals surface area contributed by atoms with Crippen molar-refractivity contribution in [2.75, 3.05) is 0 Å². The number of aromatic nitrogens is 3. The molecular formula is C11H11N3O2. The van der Waals surface area contributed by atoms with Gasteiger partial charge in [-0.3, -0.25) is 4.79 Å². The van der Waals surface area contributed by atoms with Gasteiger partial charge in [-0.15, -0.1) is 0 Å². The molecule has 0 saturated heterocycles. The Hall–Kier alpha value is -2.01. The fourth-order valence-electron chi connectivity index (χ4n) is 1.40. The highest BCUT2D eigenvalue weighted by Crippen LogP contribution is 2.11. The molecule has 82 valence electrons. The summed E-state index contributed by atoms with van der Waals surface area (Å²) in [5.74, 6) is 0.437. The number of hydrogen-bond donors (Lipinski definition) is 1. The van der Waals surface area contributed by atoms with Crippen LogP contribution in [0.2, 0.25) is 0 Å². The summed E-state index contributed by atoms with van der Waals surface area (Å²) in [4.78, 5) is 19.6. The van der Waals surface area contributed by atoms with Crippen LogP contribution in [0.15, 0.2) is 35.3 Å². The lowest BCUT2D eigenvalue weighted by molar-refractivity contribution is 0.277. The molecule has 2 aromatic heterocycles. The quantitative estimate of drug-likeness (QED) is 0.787. The monoisotopic (exact) mass is 217 g/mol. The first-order valence-corrected chi connectivity index (χ1v) is 4.81. The Morgan fingerprint density at radius 2 is 2.19 bits per heavy atom. The predicted octanol–water partition coefficient (Wildman–Crippen LogP) is 0.335. The van der Waals surface area contributed by atoms with E-state index in [1.54, 1.807) is 31.4 Å². The third-order valence-electron chi connectivity index (χ3n) is 2.29. The van der Waals surface area contributed by atoms with E-state index in [-0.39, 0.29) is 12.2 Å². The Morgan fingerprint density at radius 3 is 2.94 bits per heavy atom. The van der Waals surface area contributed by atoms with Gasteiger partial charge in [0.05, 0.1) is 18.0 Å². The van der Waals surface area contributed by atoms with Gasteiger partial charge in [0.2, 0.25) is 0 Å². The first-order chi connectivity index (χ1) is 7.72. The Kier molecular flexibility index (Phi) is 2.78. The summed E-state index contributed by atoms with van der Waals surface area (Å²) in [6.07, 6.45) is 1.56. The van der Waals surface area contributed by atoms with E-state index in [4.69, 9.17) is 5.11 Å². The van der Waals surface area contributed by atoms with Gasteiger partial charge in [0.15, 0.2) is 5.82 Å². The molecule has 2 heterocycles. The van der Waals surface area contributed by atoms with Crippen LogP contribution in [0.3, 0.4) is 0 Å². The minimum Gasteiger partial charge on any atom is -0.390 e. The van der Waals surface area contributed by atoms with Gasteiger partial charge in [0.25, 0.3) is 5.56 Å². The molecule has 0 aliphatic carbocycles. The van der Waals surface area contributed by atoms with Crippen LogP contribution in [0, 0.1) is 0 Å². The molecule has 2 rings (SSSR count). The standard InChI is InChI=1S/C11H11N3O2/c1-14-9(3-2-4-10(14)16)11-12-6-5-8(7-15)13-11/h2-6,15H,7H2,1H3. The zero-order chi connectivity index (χ0) is 11.5. The van der Waals surface area contributed by atoms with E-state index in [0.717, 1.165) is 0 Å². The summed E-state index contributed by atoms with van der Waals surface area (Å²) >= 11 is 0. The number of rotatable bonds is 2. The Balaban J connectivity index is 2.58. The molecule has 0 aliphatic rings. The second-order valence-corrected chi connectivity index (χ2v) is 3.34. The summed E-state index contributed by atoms with van der Waals surface area (Å²) in [5, 5.41) is 8.97. The highest BCUT2D eigenvalue weighted by Gasteiger charge is 2.05. The molecule has 0 saturated carbocycles. The minimum atomic E-state index is -0.143. The molecule has 16 heavy (non-hydrogen) atoms. The lowest BCUT2D eigenvalue weighted by atomic mass is 10.3. The van der Waals surface area contributed by atoms with Gasteiger partial charge in [-0.25, -0.2) is 9.97 Å². The summed E-state index contributed by atoms with van der Waals surface area (Å²) in [5.41, 5.74) is 1.04. The molecule has 5 nitrogen and oxygen atoms in total. The lowest BCUT2D eigenvalue weighted by Gasteiger charge is -2.06. The largest absolute Gasteiger partial charge is 0.390 e. The molecule has 0 radical (unpaired) electrons. The van der Waals surface area contributed by atoms with E-state index in [2.05, 4.69) is 9.97 Å². The number of aliphatic hydroxyl groups excluding tert-OH is 1. The van der Waals surface area contributed by atoms with E-state index in [1.807, 2.05) is 0 Å². The number of aliphatic hydroxyl groups is 1. The van der Waals surface area contributed by atoms with Crippen molar-refractivity contribution in [3.8, 4) is 11.5 Å². The van der Waals surface area contributed by atoms with Gasteiger partial charge in [-0.1, -0.05) is 6.07 Å². The third kappa shape index (κ3) is 1.85. The van der Waals surface area contributed by atoms with Crippen LogP contribution in [0.5, 0.6) is 0 Å². The van der Waals surface area contributed by atoms with Gasteiger partial charge < -0.3 is 9.67 Å². The van der Waals surface area contributed by atoms with E-state index in [9.17, 15) is 4.79 Å². The van der Waals surface area contributed by atoms with Gasteiger partial charge in [-0.2, -0.15) is 0 Å². The molecule has 5 heteroatoms. The smallest absolute Gasteiger partial charge is 0.250 e. The normalized spacial score (nSPS) is 10.4. The molecule has 0 atom stereocenters. The Bertz CT molecular complexity index is 563. The zero-order valence-electron chi connectivity index (χ0n) is 8.79. The van der Waals surface area contributed by atoms with E-state index < -0.39 is 0 Å². The van der Waals surface area contributed by atoms with Crippen molar-refractivity contribution >= 4 is 0 Å². The van der Waals surface area contributed by atoms with Crippen molar-refractivity contribution in [1.29, 1.82) is 0 Å². The first kappa shape index (κ1) is 10.5. The molecule has 0 aromatic carbocycles.